The minimum absolute atomic E-state index is 0.159. The van der Waals surface area contributed by atoms with Crippen LogP contribution < -0.4 is 0 Å². The number of carbonyl (C=O) groups is 1. The van der Waals surface area contributed by atoms with Crippen molar-refractivity contribution in [3.63, 3.8) is 0 Å². The molecule has 0 aromatic heterocycles. The van der Waals surface area contributed by atoms with Gasteiger partial charge in [-0.2, -0.15) is 0 Å². The predicted octanol–water partition coefficient (Wildman–Crippen LogP) is 0.816. The van der Waals surface area contributed by atoms with Gasteiger partial charge >= 0.3 is 5.97 Å². The molecule has 13 heavy (non-hydrogen) atoms. The van der Waals surface area contributed by atoms with E-state index in [2.05, 4.69) is 0 Å². The van der Waals surface area contributed by atoms with E-state index in [0.29, 0.717) is 19.1 Å². The normalized spacial score (nSPS) is 31.2. The van der Waals surface area contributed by atoms with Gasteiger partial charge < -0.3 is 9.47 Å². The van der Waals surface area contributed by atoms with Crippen molar-refractivity contribution in [3.05, 3.63) is 22.8 Å². The Kier molecular flexibility index (Phi) is 1.38. The molecule has 1 unspecified atom stereocenters. The zero-order valence-electron chi connectivity index (χ0n) is 7.21. The van der Waals surface area contributed by atoms with E-state index in [4.69, 9.17) is 9.47 Å². The Morgan fingerprint density at radius 1 is 1.38 bits per heavy atom. The van der Waals surface area contributed by atoms with Crippen LogP contribution in [0, 0.1) is 5.92 Å². The van der Waals surface area contributed by atoms with Gasteiger partial charge in [-0.1, -0.05) is 6.08 Å². The number of fused-ring (bicyclic) bond motifs is 2. The molecule has 2 saturated heterocycles. The van der Waals surface area contributed by atoms with Crippen LogP contribution in [0.2, 0.25) is 0 Å². The summed E-state index contributed by atoms with van der Waals surface area (Å²) in [6, 6.07) is 0. The summed E-state index contributed by atoms with van der Waals surface area (Å²) in [5.74, 6) is 0.348. The highest BCUT2D eigenvalue weighted by molar-refractivity contribution is 5.97. The Morgan fingerprint density at radius 2 is 2.31 bits per heavy atom. The first-order chi connectivity index (χ1) is 6.36. The van der Waals surface area contributed by atoms with Crippen LogP contribution in [-0.2, 0) is 14.3 Å². The molecule has 0 aromatic carbocycles. The summed E-state index contributed by atoms with van der Waals surface area (Å²) in [5.41, 5.74) is 3.18. The van der Waals surface area contributed by atoms with Gasteiger partial charge in [0, 0.05) is 11.5 Å². The van der Waals surface area contributed by atoms with E-state index in [-0.39, 0.29) is 5.97 Å². The van der Waals surface area contributed by atoms with Crippen molar-refractivity contribution in [2.45, 2.75) is 6.42 Å². The van der Waals surface area contributed by atoms with Crippen molar-refractivity contribution in [1.82, 2.24) is 0 Å². The minimum Gasteiger partial charge on any atom is -0.457 e. The fraction of sp³-hybridized carbons (Fsp3) is 0.500. The molecule has 2 aliphatic heterocycles. The lowest BCUT2D eigenvalue weighted by Gasteiger charge is -2.14. The molecule has 0 N–H and O–H groups in total. The number of rotatable bonds is 0. The van der Waals surface area contributed by atoms with Gasteiger partial charge in [-0.15, -0.1) is 0 Å². The minimum atomic E-state index is -0.159. The lowest BCUT2D eigenvalue weighted by Crippen LogP contribution is -2.10. The molecule has 0 bridgehead atoms. The standard InChI is InChI=1S/C10H10O3/c11-10-7-2-1-6-3-12-4-8(6)9(7)5-13-10/h2,6H,1,3-5H2. The number of carbonyl (C=O) groups excluding carboxylic acids is 1. The second-order valence-electron chi connectivity index (χ2n) is 3.65. The molecular weight excluding hydrogens is 168 g/mol. The second kappa shape index (κ2) is 2.45. The van der Waals surface area contributed by atoms with Crippen LogP contribution in [0.1, 0.15) is 6.42 Å². The Labute approximate surface area is 76.0 Å². The molecule has 0 radical (unpaired) electrons. The van der Waals surface area contributed by atoms with Crippen molar-refractivity contribution in [2.24, 2.45) is 5.92 Å². The zero-order chi connectivity index (χ0) is 8.84. The molecule has 2 fully saturated rings. The SMILES string of the molecule is O=C1OCC2=C3COCC3CC=C12. The Bertz CT molecular complexity index is 338. The van der Waals surface area contributed by atoms with Gasteiger partial charge in [0.15, 0.2) is 0 Å². The fourth-order valence-corrected chi connectivity index (χ4v) is 2.22. The van der Waals surface area contributed by atoms with Crippen LogP contribution in [-0.4, -0.2) is 25.8 Å². The molecule has 68 valence electrons. The number of allylic oxidation sites excluding steroid dienone is 1. The topological polar surface area (TPSA) is 35.5 Å². The third-order valence-electron chi connectivity index (χ3n) is 2.96. The van der Waals surface area contributed by atoms with Gasteiger partial charge in [0.05, 0.1) is 18.8 Å². The van der Waals surface area contributed by atoms with E-state index in [9.17, 15) is 4.79 Å². The van der Waals surface area contributed by atoms with Gasteiger partial charge in [-0.25, -0.2) is 4.79 Å². The highest BCUT2D eigenvalue weighted by Crippen LogP contribution is 2.37. The summed E-state index contributed by atoms with van der Waals surface area (Å²) < 4.78 is 10.4. The molecule has 3 aliphatic rings. The largest absolute Gasteiger partial charge is 0.457 e. The van der Waals surface area contributed by atoms with Crippen LogP contribution in [0.15, 0.2) is 22.8 Å². The van der Waals surface area contributed by atoms with E-state index >= 15 is 0 Å². The monoisotopic (exact) mass is 178 g/mol. The van der Waals surface area contributed by atoms with E-state index in [1.807, 2.05) is 6.08 Å². The molecule has 0 aromatic rings. The average Bonchev–Trinajstić information content (AvgIpc) is 2.70. The molecule has 3 rings (SSSR count). The maximum atomic E-state index is 11.2. The van der Waals surface area contributed by atoms with Gasteiger partial charge in [0.1, 0.15) is 6.61 Å². The first kappa shape index (κ1) is 7.33. The van der Waals surface area contributed by atoms with Gasteiger partial charge in [0.2, 0.25) is 0 Å². The van der Waals surface area contributed by atoms with Gasteiger partial charge in [0.25, 0.3) is 0 Å². The maximum Gasteiger partial charge on any atom is 0.338 e. The zero-order valence-corrected chi connectivity index (χ0v) is 7.21. The van der Waals surface area contributed by atoms with Crippen LogP contribution in [0.5, 0.6) is 0 Å². The first-order valence-corrected chi connectivity index (χ1v) is 4.53. The third-order valence-corrected chi connectivity index (χ3v) is 2.96. The average molecular weight is 178 g/mol. The molecule has 0 spiro atoms. The Balaban J connectivity index is 2.09. The summed E-state index contributed by atoms with van der Waals surface area (Å²) in [6.07, 6.45) is 2.93. The molecule has 3 heteroatoms. The smallest absolute Gasteiger partial charge is 0.338 e. The van der Waals surface area contributed by atoms with Crippen LogP contribution in [0.25, 0.3) is 0 Å². The third kappa shape index (κ3) is 0.907. The molecule has 0 saturated carbocycles. The highest BCUT2D eigenvalue weighted by Gasteiger charge is 2.35. The summed E-state index contributed by atoms with van der Waals surface area (Å²) in [7, 11) is 0. The highest BCUT2D eigenvalue weighted by atomic mass is 16.5. The van der Waals surface area contributed by atoms with E-state index < -0.39 is 0 Å². The van der Waals surface area contributed by atoms with Gasteiger partial charge in [-0.05, 0) is 12.0 Å². The van der Waals surface area contributed by atoms with Gasteiger partial charge in [-0.3, -0.25) is 0 Å². The summed E-state index contributed by atoms with van der Waals surface area (Å²) in [5, 5.41) is 0. The number of cyclic esters (lactones) is 1. The summed E-state index contributed by atoms with van der Waals surface area (Å²) >= 11 is 0. The molecule has 1 atom stereocenters. The van der Waals surface area contributed by atoms with Crippen molar-refractivity contribution in [3.8, 4) is 0 Å². The van der Waals surface area contributed by atoms with Crippen LogP contribution in [0.4, 0.5) is 0 Å². The van der Waals surface area contributed by atoms with Crippen molar-refractivity contribution < 1.29 is 14.3 Å². The summed E-state index contributed by atoms with van der Waals surface area (Å²) in [4.78, 5) is 11.2. The van der Waals surface area contributed by atoms with Crippen molar-refractivity contribution in [2.75, 3.05) is 19.8 Å². The van der Waals surface area contributed by atoms with Crippen molar-refractivity contribution in [1.29, 1.82) is 0 Å². The van der Waals surface area contributed by atoms with Crippen molar-refractivity contribution >= 4 is 5.97 Å². The van der Waals surface area contributed by atoms with Crippen LogP contribution >= 0.6 is 0 Å². The lowest BCUT2D eigenvalue weighted by molar-refractivity contribution is -0.135. The summed E-state index contributed by atoms with van der Waals surface area (Å²) in [6.45, 7) is 1.95. The molecule has 0 amide bonds. The maximum absolute atomic E-state index is 11.2. The number of ether oxygens (including phenoxy) is 2. The molecule has 1 aliphatic carbocycles. The lowest BCUT2D eigenvalue weighted by atomic mass is 9.86. The molecule has 3 nitrogen and oxygen atoms in total. The number of hydrogen-bond acceptors (Lipinski definition) is 3. The fourth-order valence-electron chi connectivity index (χ4n) is 2.22. The van der Waals surface area contributed by atoms with E-state index in [1.165, 1.54) is 5.57 Å². The quantitative estimate of drug-likeness (QED) is 0.515. The molecule has 2 heterocycles. The predicted molar refractivity (Wildman–Crippen MR) is 45.0 cm³/mol. The van der Waals surface area contributed by atoms with Crippen LogP contribution in [0.3, 0.4) is 0 Å². The Hall–Kier alpha value is -1.09. The second-order valence-corrected chi connectivity index (χ2v) is 3.65. The van der Waals surface area contributed by atoms with E-state index in [0.717, 1.165) is 24.2 Å². The number of esters is 1. The first-order valence-electron chi connectivity index (χ1n) is 4.53. The number of hydrogen-bond donors (Lipinski definition) is 0. The van der Waals surface area contributed by atoms with E-state index in [1.54, 1.807) is 0 Å². The molecular formula is C10H10O3. The Morgan fingerprint density at radius 3 is 3.23 bits per heavy atom.